The molecule has 0 bridgehead atoms. The van der Waals surface area contributed by atoms with Gasteiger partial charge in [-0.05, 0) is 19.3 Å². The van der Waals surface area contributed by atoms with E-state index in [1.165, 1.54) is 6.92 Å². The van der Waals surface area contributed by atoms with Crippen molar-refractivity contribution in [2.24, 2.45) is 5.92 Å². The first-order valence-corrected chi connectivity index (χ1v) is 4.50. The predicted molar refractivity (Wildman–Crippen MR) is 48.9 cm³/mol. The van der Waals surface area contributed by atoms with E-state index in [0.717, 1.165) is 12.0 Å². The summed E-state index contributed by atoms with van der Waals surface area (Å²) in [5, 5.41) is 9.55. The molecule has 0 spiro atoms. The van der Waals surface area contributed by atoms with E-state index >= 15 is 0 Å². The van der Waals surface area contributed by atoms with Crippen molar-refractivity contribution in [2.75, 3.05) is 0 Å². The van der Waals surface area contributed by atoms with E-state index in [1.807, 2.05) is 6.92 Å². The largest absolute Gasteiger partial charge is 0.434 e. The summed E-state index contributed by atoms with van der Waals surface area (Å²) in [5.74, 6) is -1.47. The number of rotatable bonds is 1. The van der Waals surface area contributed by atoms with Crippen LogP contribution < -0.4 is 0 Å². The zero-order valence-electron chi connectivity index (χ0n) is 8.17. The Hall–Kier alpha value is -0.830. The average Bonchev–Trinajstić information content (AvgIpc) is 2.07. The Bertz CT molecular complexity index is 230. The minimum atomic E-state index is -1.29. The van der Waals surface area contributed by atoms with Gasteiger partial charge in [0.2, 0.25) is 5.79 Å². The van der Waals surface area contributed by atoms with Gasteiger partial charge in [0, 0.05) is 13.3 Å². The van der Waals surface area contributed by atoms with Crippen LogP contribution in [0.2, 0.25) is 0 Å². The normalized spacial score (nSPS) is 35.0. The average molecular weight is 184 g/mol. The lowest BCUT2D eigenvalue weighted by Crippen LogP contribution is -2.28. The van der Waals surface area contributed by atoms with Gasteiger partial charge in [0.15, 0.2) is 0 Å². The van der Waals surface area contributed by atoms with Crippen LogP contribution in [0.3, 0.4) is 0 Å². The highest BCUT2D eigenvalue weighted by Crippen LogP contribution is 2.29. The lowest BCUT2D eigenvalue weighted by Gasteiger charge is -2.20. The van der Waals surface area contributed by atoms with E-state index in [0.29, 0.717) is 12.8 Å². The fourth-order valence-electron chi connectivity index (χ4n) is 1.50. The number of ether oxygens (including phenoxy) is 1. The van der Waals surface area contributed by atoms with Crippen molar-refractivity contribution in [2.45, 2.75) is 38.9 Å². The number of carbonyl (C=O) groups is 1. The van der Waals surface area contributed by atoms with Crippen molar-refractivity contribution in [1.29, 1.82) is 0 Å². The van der Waals surface area contributed by atoms with E-state index in [4.69, 9.17) is 4.74 Å². The summed E-state index contributed by atoms with van der Waals surface area (Å²) in [4.78, 5) is 11.2. The number of cyclic esters (lactones) is 1. The fourth-order valence-corrected chi connectivity index (χ4v) is 1.50. The molecule has 0 aliphatic carbocycles. The zero-order valence-corrected chi connectivity index (χ0v) is 8.17. The second-order valence-electron chi connectivity index (χ2n) is 3.94. The smallest absolute Gasteiger partial charge is 0.308 e. The second-order valence-corrected chi connectivity index (χ2v) is 3.94. The molecular formula is C10H16O3. The molecular weight excluding hydrogens is 168 g/mol. The molecule has 1 N–H and O–H groups in total. The molecule has 2 atom stereocenters. The molecule has 74 valence electrons. The van der Waals surface area contributed by atoms with Crippen LogP contribution in [-0.4, -0.2) is 16.9 Å². The van der Waals surface area contributed by atoms with E-state index in [-0.39, 0.29) is 11.9 Å². The molecule has 0 aromatic rings. The van der Waals surface area contributed by atoms with E-state index in [1.54, 1.807) is 0 Å². The molecule has 13 heavy (non-hydrogen) atoms. The zero-order chi connectivity index (χ0) is 10.1. The molecule has 1 saturated heterocycles. The van der Waals surface area contributed by atoms with Gasteiger partial charge in [0.25, 0.3) is 0 Å². The third-order valence-corrected chi connectivity index (χ3v) is 2.40. The number of carbonyl (C=O) groups excluding carboxylic acids is 1. The summed E-state index contributed by atoms with van der Waals surface area (Å²) in [5.41, 5.74) is 0.981. The van der Waals surface area contributed by atoms with Crippen LogP contribution >= 0.6 is 0 Å². The second kappa shape index (κ2) is 3.50. The Morgan fingerprint density at radius 3 is 2.92 bits per heavy atom. The molecule has 3 heteroatoms. The minimum absolute atomic E-state index is 0.154. The molecule has 1 fully saturated rings. The van der Waals surface area contributed by atoms with Gasteiger partial charge in [-0.2, -0.15) is 0 Å². The van der Waals surface area contributed by atoms with Crippen LogP contribution in [0, 0.1) is 5.92 Å². The molecule has 3 nitrogen and oxygen atoms in total. The molecule has 1 rings (SSSR count). The van der Waals surface area contributed by atoms with Gasteiger partial charge in [-0.3, -0.25) is 4.79 Å². The number of allylic oxidation sites excluding steroid dienone is 1. The van der Waals surface area contributed by atoms with Gasteiger partial charge in [0.05, 0.1) is 6.42 Å². The maximum Gasteiger partial charge on any atom is 0.308 e. The van der Waals surface area contributed by atoms with E-state index in [9.17, 15) is 9.90 Å². The van der Waals surface area contributed by atoms with Crippen molar-refractivity contribution in [3.63, 3.8) is 0 Å². The van der Waals surface area contributed by atoms with Gasteiger partial charge in [0.1, 0.15) is 0 Å². The Morgan fingerprint density at radius 2 is 2.38 bits per heavy atom. The maximum absolute atomic E-state index is 11.2. The standard InChI is InChI=1S/C10H16O3/c1-7(2)8-4-5-10(3,12)13-9(11)6-8/h8,12H,1,4-6H2,2-3H3/t8-,10-/m1/s1. The van der Waals surface area contributed by atoms with Gasteiger partial charge in [-0.15, -0.1) is 0 Å². The molecule has 0 aromatic carbocycles. The summed E-state index contributed by atoms with van der Waals surface area (Å²) in [6.07, 6.45) is 1.58. The van der Waals surface area contributed by atoms with Crippen molar-refractivity contribution < 1.29 is 14.6 Å². The van der Waals surface area contributed by atoms with Gasteiger partial charge < -0.3 is 9.84 Å². The molecule has 0 amide bonds. The maximum atomic E-state index is 11.2. The highest BCUT2D eigenvalue weighted by atomic mass is 16.7. The van der Waals surface area contributed by atoms with Gasteiger partial charge in [-0.1, -0.05) is 12.2 Å². The van der Waals surface area contributed by atoms with Gasteiger partial charge >= 0.3 is 5.97 Å². The van der Waals surface area contributed by atoms with Crippen LogP contribution in [0.4, 0.5) is 0 Å². The highest BCUT2D eigenvalue weighted by molar-refractivity contribution is 5.70. The molecule has 0 unspecified atom stereocenters. The Labute approximate surface area is 78.4 Å². The minimum Gasteiger partial charge on any atom is -0.434 e. The molecule has 0 aromatic heterocycles. The van der Waals surface area contributed by atoms with Crippen LogP contribution in [-0.2, 0) is 9.53 Å². The Kier molecular flexibility index (Phi) is 2.76. The topological polar surface area (TPSA) is 46.5 Å². The number of hydrogen-bond acceptors (Lipinski definition) is 3. The van der Waals surface area contributed by atoms with E-state index < -0.39 is 5.79 Å². The number of esters is 1. The number of aliphatic hydroxyl groups is 1. The summed E-state index contributed by atoms with van der Waals surface area (Å²) < 4.78 is 4.85. The summed E-state index contributed by atoms with van der Waals surface area (Å²) >= 11 is 0. The molecule has 0 saturated carbocycles. The fraction of sp³-hybridized carbons (Fsp3) is 0.700. The van der Waals surface area contributed by atoms with E-state index in [2.05, 4.69) is 6.58 Å². The Balaban J connectivity index is 2.69. The van der Waals surface area contributed by atoms with Crippen LogP contribution in [0.5, 0.6) is 0 Å². The third-order valence-electron chi connectivity index (χ3n) is 2.40. The summed E-state index contributed by atoms with van der Waals surface area (Å²) in [7, 11) is 0. The van der Waals surface area contributed by atoms with Crippen LogP contribution in [0.15, 0.2) is 12.2 Å². The van der Waals surface area contributed by atoms with Crippen molar-refractivity contribution in [3.8, 4) is 0 Å². The first-order chi connectivity index (χ1) is 5.91. The molecule has 1 aliphatic heterocycles. The lowest BCUT2D eigenvalue weighted by atomic mass is 9.92. The first-order valence-electron chi connectivity index (χ1n) is 4.50. The third kappa shape index (κ3) is 2.84. The SMILES string of the molecule is C=C(C)[C@@H]1CC[C@](C)(O)OC(=O)C1. The van der Waals surface area contributed by atoms with Crippen molar-refractivity contribution >= 4 is 5.97 Å². The van der Waals surface area contributed by atoms with Crippen LogP contribution in [0.25, 0.3) is 0 Å². The van der Waals surface area contributed by atoms with Crippen molar-refractivity contribution in [3.05, 3.63) is 12.2 Å². The quantitative estimate of drug-likeness (QED) is 0.497. The molecule has 1 heterocycles. The highest BCUT2D eigenvalue weighted by Gasteiger charge is 2.32. The summed E-state index contributed by atoms with van der Waals surface area (Å²) in [6.45, 7) is 7.23. The molecule has 1 aliphatic rings. The summed E-state index contributed by atoms with van der Waals surface area (Å²) in [6, 6.07) is 0. The Morgan fingerprint density at radius 1 is 1.77 bits per heavy atom. The van der Waals surface area contributed by atoms with Crippen molar-refractivity contribution in [1.82, 2.24) is 0 Å². The van der Waals surface area contributed by atoms with Crippen LogP contribution in [0.1, 0.15) is 33.1 Å². The van der Waals surface area contributed by atoms with Gasteiger partial charge in [-0.25, -0.2) is 0 Å². The first kappa shape index (κ1) is 10.3. The number of hydrogen-bond donors (Lipinski definition) is 1. The monoisotopic (exact) mass is 184 g/mol. The lowest BCUT2D eigenvalue weighted by molar-refractivity contribution is -0.200. The predicted octanol–water partition coefficient (Wildman–Crippen LogP) is 1.61. The molecule has 0 radical (unpaired) electrons.